The summed E-state index contributed by atoms with van der Waals surface area (Å²) in [5.74, 6) is -0.0171. The smallest absolute Gasteiger partial charge is 0.242 e. The number of amides is 1. The molecule has 1 atom stereocenters. The van der Waals surface area contributed by atoms with E-state index in [0.29, 0.717) is 0 Å². The van der Waals surface area contributed by atoms with E-state index in [9.17, 15) is 4.79 Å². The Balaban J connectivity index is 2.61. The van der Waals surface area contributed by atoms with Crippen molar-refractivity contribution in [2.75, 3.05) is 7.05 Å². The van der Waals surface area contributed by atoms with E-state index in [1.165, 1.54) is 4.88 Å². The van der Waals surface area contributed by atoms with Crippen LogP contribution in [0.3, 0.4) is 0 Å². The van der Waals surface area contributed by atoms with Gasteiger partial charge in [-0.15, -0.1) is 11.3 Å². The molecule has 0 spiro atoms. The van der Waals surface area contributed by atoms with E-state index in [1.807, 2.05) is 20.0 Å². The molecule has 1 aromatic rings. The highest BCUT2D eigenvalue weighted by Gasteiger charge is 2.28. The van der Waals surface area contributed by atoms with Crippen molar-refractivity contribution in [1.82, 2.24) is 4.90 Å². The predicted octanol–water partition coefficient (Wildman–Crippen LogP) is 1.87. The van der Waals surface area contributed by atoms with Crippen LogP contribution in [0.2, 0.25) is 0 Å². The van der Waals surface area contributed by atoms with E-state index >= 15 is 0 Å². The summed E-state index contributed by atoms with van der Waals surface area (Å²) in [4.78, 5) is 15.0. The van der Waals surface area contributed by atoms with Crippen molar-refractivity contribution < 1.29 is 4.79 Å². The van der Waals surface area contributed by atoms with Gasteiger partial charge in [0.15, 0.2) is 0 Å². The van der Waals surface area contributed by atoms with Crippen LogP contribution in [0.1, 0.15) is 25.6 Å². The molecule has 0 fully saturated rings. The van der Waals surface area contributed by atoms with Gasteiger partial charge < -0.3 is 10.6 Å². The van der Waals surface area contributed by atoms with Gasteiger partial charge in [0.05, 0.1) is 5.54 Å². The minimum atomic E-state index is -0.793. The lowest BCUT2D eigenvalue weighted by atomic mass is 10.0. The highest BCUT2D eigenvalue weighted by Crippen LogP contribution is 2.15. The summed E-state index contributed by atoms with van der Waals surface area (Å²) in [7, 11) is 1.81. The van der Waals surface area contributed by atoms with E-state index in [2.05, 4.69) is 11.4 Å². The van der Waals surface area contributed by atoms with Gasteiger partial charge >= 0.3 is 0 Å². The van der Waals surface area contributed by atoms with Gasteiger partial charge in [-0.05, 0) is 32.2 Å². The van der Waals surface area contributed by atoms with Crippen LogP contribution in [-0.4, -0.2) is 29.4 Å². The number of thiophene rings is 1. The van der Waals surface area contributed by atoms with E-state index < -0.39 is 5.54 Å². The molecule has 0 radical (unpaired) electrons. The highest BCUT2D eigenvalue weighted by atomic mass is 32.1. The lowest BCUT2D eigenvalue weighted by molar-refractivity contribution is -0.136. The van der Waals surface area contributed by atoms with Crippen LogP contribution in [0.15, 0.2) is 17.5 Å². The summed E-state index contributed by atoms with van der Waals surface area (Å²) in [5, 5.41) is 2.05. The number of hydrogen-bond acceptors (Lipinski definition) is 3. The van der Waals surface area contributed by atoms with E-state index in [-0.39, 0.29) is 11.9 Å². The first kappa shape index (κ1) is 13.2. The molecule has 1 aromatic heterocycles. The fraction of sp³-hybridized carbons (Fsp3) is 0.583. The molecule has 2 N–H and O–H groups in total. The lowest BCUT2D eigenvalue weighted by Gasteiger charge is -2.30. The Kier molecular flexibility index (Phi) is 4.10. The molecule has 1 unspecified atom stereocenters. The fourth-order valence-electron chi connectivity index (χ4n) is 1.51. The average Bonchev–Trinajstić information content (AvgIpc) is 2.66. The zero-order valence-electron chi connectivity index (χ0n) is 10.4. The molecule has 4 heteroatoms. The maximum Gasteiger partial charge on any atom is 0.242 e. The second kappa shape index (κ2) is 4.97. The Bertz CT molecular complexity index is 340. The molecule has 0 aliphatic carbocycles. The van der Waals surface area contributed by atoms with Gasteiger partial charge in [0.2, 0.25) is 5.91 Å². The first-order valence-corrected chi connectivity index (χ1v) is 6.29. The third kappa shape index (κ3) is 3.32. The van der Waals surface area contributed by atoms with Crippen molar-refractivity contribution in [1.29, 1.82) is 0 Å². The van der Waals surface area contributed by atoms with Gasteiger partial charge in [-0.3, -0.25) is 4.79 Å². The van der Waals surface area contributed by atoms with Gasteiger partial charge in [0.1, 0.15) is 0 Å². The molecule has 1 heterocycles. The van der Waals surface area contributed by atoms with Crippen LogP contribution in [0.4, 0.5) is 0 Å². The molecule has 0 aromatic carbocycles. The standard InChI is InChI=1S/C12H20N2OS/c1-9(8-10-6-5-7-16-10)14(4)11(15)12(2,3)13/h5-7,9H,8,13H2,1-4H3. The lowest BCUT2D eigenvalue weighted by Crippen LogP contribution is -2.52. The summed E-state index contributed by atoms with van der Waals surface area (Å²) >= 11 is 1.72. The van der Waals surface area contributed by atoms with Gasteiger partial charge in [-0.2, -0.15) is 0 Å². The maximum atomic E-state index is 11.9. The summed E-state index contributed by atoms with van der Waals surface area (Å²) in [5.41, 5.74) is 5.01. The third-order valence-electron chi connectivity index (χ3n) is 2.61. The molecule has 0 saturated heterocycles. The number of nitrogens with zero attached hydrogens (tertiary/aromatic N) is 1. The second-order valence-electron chi connectivity index (χ2n) is 4.77. The number of hydrogen-bond donors (Lipinski definition) is 1. The first-order valence-electron chi connectivity index (χ1n) is 5.41. The Morgan fingerprint density at radius 2 is 2.25 bits per heavy atom. The number of nitrogens with two attached hydrogens (primary N) is 1. The molecule has 0 saturated carbocycles. The fourth-order valence-corrected chi connectivity index (χ4v) is 2.34. The van der Waals surface area contributed by atoms with Gasteiger partial charge in [0.25, 0.3) is 0 Å². The Morgan fingerprint density at radius 3 is 2.69 bits per heavy atom. The third-order valence-corrected chi connectivity index (χ3v) is 3.51. The Morgan fingerprint density at radius 1 is 1.62 bits per heavy atom. The molecular weight excluding hydrogens is 220 g/mol. The van der Waals surface area contributed by atoms with Crippen molar-refractivity contribution in [3.63, 3.8) is 0 Å². The van der Waals surface area contributed by atoms with Crippen LogP contribution in [0.25, 0.3) is 0 Å². The van der Waals surface area contributed by atoms with E-state index in [1.54, 1.807) is 30.1 Å². The quantitative estimate of drug-likeness (QED) is 0.873. The minimum Gasteiger partial charge on any atom is -0.341 e. The molecule has 16 heavy (non-hydrogen) atoms. The highest BCUT2D eigenvalue weighted by molar-refractivity contribution is 7.09. The molecule has 1 rings (SSSR count). The monoisotopic (exact) mass is 240 g/mol. The topological polar surface area (TPSA) is 46.3 Å². The van der Waals surface area contributed by atoms with Crippen molar-refractivity contribution in [2.24, 2.45) is 5.73 Å². The van der Waals surface area contributed by atoms with Crippen LogP contribution in [0, 0.1) is 0 Å². The van der Waals surface area contributed by atoms with Crippen molar-refractivity contribution in [3.05, 3.63) is 22.4 Å². The average molecular weight is 240 g/mol. The van der Waals surface area contributed by atoms with Crippen molar-refractivity contribution in [2.45, 2.75) is 38.8 Å². The minimum absolute atomic E-state index is 0.0171. The molecule has 90 valence electrons. The largest absolute Gasteiger partial charge is 0.341 e. The summed E-state index contributed by atoms with van der Waals surface area (Å²) in [6.07, 6.45) is 0.885. The van der Waals surface area contributed by atoms with Crippen LogP contribution >= 0.6 is 11.3 Å². The summed E-state index contributed by atoms with van der Waals surface area (Å²) < 4.78 is 0. The number of carbonyl (C=O) groups is 1. The normalized spacial score (nSPS) is 13.6. The van der Waals surface area contributed by atoms with Crippen molar-refractivity contribution in [3.8, 4) is 0 Å². The summed E-state index contributed by atoms with van der Waals surface area (Å²) in [6, 6.07) is 4.29. The van der Waals surface area contributed by atoms with Gasteiger partial charge in [-0.25, -0.2) is 0 Å². The second-order valence-corrected chi connectivity index (χ2v) is 5.80. The number of likely N-dealkylation sites (N-methyl/N-ethyl adjacent to an activating group) is 1. The number of rotatable bonds is 4. The molecule has 3 nitrogen and oxygen atoms in total. The predicted molar refractivity (Wildman–Crippen MR) is 68.5 cm³/mol. The Labute approximate surface area is 101 Å². The molecule has 0 bridgehead atoms. The SMILES string of the molecule is CC(Cc1cccs1)N(C)C(=O)C(C)(C)N. The molecular formula is C12H20N2OS. The first-order chi connectivity index (χ1) is 7.32. The van der Waals surface area contributed by atoms with E-state index in [4.69, 9.17) is 5.73 Å². The number of carbonyl (C=O) groups excluding carboxylic acids is 1. The van der Waals surface area contributed by atoms with Crippen LogP contribution < -0.4 is 5.73 Å². The van der Waals surface area contributed by atoms with Gasteiger partial charge in [0, 0.05) is 24.4 Å². The zero-order chi connectivity index (χ0) is 12.3. The Hall–Kier alpha value is -0.870. The molecule has 1 amide bonds. The van der Waals surface area contributed by atoms with Crippen molar-refractivity contribution >= 4 is 17.2 Å². The van der Waals surface area contributed by atoms with Crippen LogP contribution in [0.5, 0.6) is 0 Å². The van der Waals surface area contributed by atoms with E-state index in [0.717, 1.165) is 6.42 Å². The summed E-state index contributed by atoms with van der Waals surface area (Å²) in [6.45, 7) is 5.52. The van der Waals surface area contributed by atoms with Crippen LogP contribution in [-0.2, 0) is 11.2 Å². The van der Waals surface area contributed by atoms with Gasteiger partial charge in [-0.1, -0.05) is 6.07 Å². The molecule has 0 aliphatic rings. The maximum absolute atomic E-state index is 11.9. The zero-order valence-corrected chi connectivity index (χ0v) is 11.2. The molecule has 0 aliphatic heterocycles.